The molecule has 0 fully saturated rings. The molecule has 2 aromatic heterocycles. The number of pyridine rings is 1. The summed E-state index contributed by atoms with van der Waals surface area (Å²) in [5, 5.41) is 1.98. The molecule has 0 spiro atoms. The molecule has 0 saturated carbocycles. The predicted octanol–water partition coefficient (Wildman–Crippen LogP) is 2.89. The Hall–Kier alpha value is -1.24. The van der Waals surface area contributed by atoms with Crippen molar-refractivity contribution in [2.75, 3.05) is 5.75 Å². The fourth-order valence-corrected chi connectivity index (χ4v) is 4.03. The normalized spacial score (nSPS) is 11.9. The third-order valence-corrected chi connectivity index (χ3v) is 5.25. The lowest BCUT2D eigenvalue weighted by Crippen LogP contribution is -2.28. The van der Waals surface area contributed by atoms with E-state index in [1.54, 1.807) is 17.5 Å². The minimum atomic E-state index is -3.24. The van der Waals surface area contributed by atoms with Crippen LogP contribution in [0.25, 0.3) is 10.6 Å². The number of sulfonamides is 1. The number of hydrogen-bond acceptors (Lipinski definition) is 4. The van der Waals surface area contributed by atoms with Crippen molar-refractivity contribution >= 4 is 21.4 Å². The Balaban J connectivity index is 2.15. The summed E-state index contributed by atoms with van der Waals surface area (Å²) in [4.78, 5) is 5.40. The molecule has 0 radical (unpaired) electrons. The third kappa shape index (κ3) is 4.13. The Morgan fingerprint density at radius 2 is 2.10 bits per heavy atom. The van der Waals surface area contributed by atoms with Gasteiger partial charge in [0.1, 0.15) is 0 Å². The molecule has 0 aliphatic carbocycles. The number of hydrogen-bond donors (Lipinski definition) is 1. The van der Waals surface area contributed by atoms with E-state index >= 15 is 0 Å². The second-order valence-corrected chi connectivity index (χ2v) is 7.78. The highest BCUT2D eigenvalue weighted by molar-refractivity contribution is 7.89. The molecule has 4 nitrogen and oxygen atoms in total. The Morgan fingerprint density at radius 3 is 2.75 bits per heavy atom. The molecule has 0 amide bonds. The van der Waals surface area contributed by atoms with Gasteiger partial charge in [0.25, 0.3) is 0 Å². The second-order valence-electron chi connectivity index (χ2n) is 4.98. The number of nitrogens with one attached hydrogen (secondary N) is 1. The Bertz CT molecular complexity index is 650. The first-order valence-corrected chi connectivity index (χ1v) is 8.96. The van der Waals surface area contributed by atoms with Gasteiger partial charge in [-0.2, -0.15) is 0 Å². The molecule has 0 bridgehead atoms. The molecule has 2 aromatic rings. The van der Waals surface area contributed by atoms with Crippen LogP contribution in [-0.4, -0.2) is 19.2 Å². The number of nitrogens with zero attached hydrogens (tertiary/aromatic N) is 1. The lowest BCUT2D eigenvalue weighted by Gasteiger charge is -2.10. The summed E-state index contributed by atoms with van der Waals surface area (Å²) in [5.41, 5.74) is 1.73. The highest BCUT2D eigenvalue weighted by Crippen LogP contribution is 2.25. The summed E-state index contributed by atoms with van der Waals surface area (Å²) in [6, 6.07) is 7.67. The molecule has 2 heterocycles. The van der Waals surface area contributed by atoms with Gasteiger partial charge in [-0.1, -0.05) is 26.0 Å². The molecule has 0 aromatic carbocycles. The van der Waals surface area contributed by atoms with Crippen LogP contribution < -0.4 is 4.72 Å². The van der Waals surface area contributed by atoms with Gasteiger partial charge in [0.2, 0.25) is 10.0 Å². The van der Waals surface area contributed by atoms with Crippen molar-refractivity contribution in [1.29, 1.82) is 0 Å². The molecule has 1 N–H and O–H groups in total. The summed E-state index contributed by atoms with van der Waals surface area (Å²) in [7, 11) is -3.24. The van der Waals surface area contributed by atoms with Crippen LogP contribution in [-0.2, 0) is 16.6 Å². The largest absolute Gasteiger partial charge is 0.255 e. The van der Waals surface area contributed by atoms with Gasteiger partial charge in [-0.25, -0.2) is 13.1 Å². The summed E-state index contributed by atoms with van der Waals surface area (Å²) >= 11 is 1.59. The van der Waals surface area contributed by atoms with Crippen molar-refractivity contribution in [2.45, 2.75) is 20.4 Å². The average molecular weight is 310 g/mol. The second kappa shape index (κ2) is 6.47. The van der Waals surface area contributed by atoms with Crippen LogP contribution in [0.2, 0.25) is 0 Å². The van der Waals surface area contributed by atoms with Crippen LogP contribution in [0, 0.1) is 5.92 Å². The molecule has 6 heteroatoms. The van der Waals surface area contributed by atoms with Crippen LogP contribution in [0.15, 0.2) is 35.8 Å². The van der Waals surface area contributed by atoms with Crippen LogP contribution in [0.4, 0.5) is 0 Å². The van der Waals surface area contributed by atoms with Gasteiger partial charge >= 0.3 is 0 Å². The quantitative estimate of drug-likeness (QED) is 0.892. The average Bonchev–Trinajstić information content (AvgIpc) is 2.89. The lowest BCUT2D eigenvalue weighted by atomic mass is 10.2. The topological polar surface area (TPSA) is 59.1 Å². The Labute approximate surface area is 123 Å². The van der Waals surface area contributed by atoms with Crippen molar-refractivity contribution in [1.82, 2.24) is 9.71 Å². The standard InChI is InChI=1S/C14H18N2O2S2/c1-11(2)10-20(17,18)16-9-12-5-3-7-15-14(12)13-6-4-8-19-13/h3-8,11,16H,9-10H2,1-2H3. The van der Waals surface area contributed by atoms with Gasteiger partial charge in [0.05, 0.1) is 16.3 Å². The monoisotopic (exact) mass is 310 g/mol. The molecule has 0 saturated heterocycles. The van der Waals surface area contributed by atoms with Crippen molar-refractivity contribution in [3.8, 4) is 10.6 Å². The molecule has 0 aliphatic rings. The number of aromatic nitrogens is 1. The van der Waals surface area contributed by atoms with E-state index in [1.165, 1.54) is 0 Å². The van der Waals surface area contributed by atoms with Crippen LogP contribution in [0.1, 0.15) is 19.4 Å². The molecule has 20 heavy (non-hydrogen) atoms. The molecular formula is C14H18N2O2S2. The van der Waals surface area contributed by atoms with Gasteiger partial charge in [0, 0.05) is 12.7 Å². The van der Waals surface area contributed by atoms with Gasteiger partial charge in [-0.05, 0) is 29.0 Å². The molecule has 0 unspecified atom stereocenters. The number of thiophene rings is 1. The Kier molecular flexibility index (Phi) is 4.91. The van der Waals surface area contributed by atoms with E-state index in [0.717, 1.165) is 16.1 Å². The van der Waals surface area contributed by atoms with Gasteiger partial charge < -0.3 is 0 Å². The summed E-state index contributed by atoms with van der Waals surface area (Å²) in [6.07, 6.45) is 1.72. The molecular weight excluding hydrogens is 292 g/mol. The maximum atomic E-state index is 11.9. The smallest absolute Gasteiger partial charge is 0.212 e. The zero-order valence-corrected chi connectivity index (χ0v) is 13.2. The Morgan fingerprint density at radius 1 is 1.30 bits per heavy atom. The van der Waals surface area contributed by atoms with Crippen molar-refractivity contribution in [2.24, 2.45) is 5.92 Å². The van der Waals surface area contributed by atoms with Crippen LogP contribution in [0.5, 0.6) is 0 Å². The van der Waals surface area contributed by atoms with Gasteiger partial charge in [-0.3, -0.25) is 4.98 Å². The highest BCUT2D eigenvalue weighted by atomic mass is 32.2. The van der Waals surface area contributed by atoms with E-state index in [2.05, 4.69) is 9.71 Å². The lowest BCUT2D eigenvalue weighted by molar-refractivity contribution is 0.568. The predicted molar refractivity (Wildman–Crippen MR) is 83.0 cm³/mol. The first kappa shape index (κ1) is 15.2. The summed E-state index contributed by atoms with van der Waals surface area (Å²) in [6.45, 7) is 4.05. The first-order chi connectivity index (χ1) is 9.48. The molecule has 2 rings (SSSR count). The number of rotatable bonds is 6. The van der Waals surface area contributed by atoms with E-state index in [0.29, 0.717) is 0 Å². The third-order valence-electron chi connectivity index (χ3n) is 2.68. The van der Waals surface area contributed by atoms with E-state index in [-0.39, 0.29) is 18.2 Å². The minimum Gasteiger partial charge on any atom is -0.255 e. The van der Waals surface area contributed by atoms with Gasteiger partial charge in [-0.15, -0.1) is 11.3 Å². The van der Waals surface area contributed by atoms with E-state index in [9.17, 15) is 8.42 Å². The van der Waals surface area contributed by atoms with E-state index < -0.39 is 10.0 Å². The zero-order chi connectivity index (χ0) is 14.6. The fourth-order valence-electron chi connectivity index (χ4n) is 1.90. The van der Waals surface area contributed by atoms with Crippen molar-refractivity contribution in [3.63, 3.8) is 0 Å². The summed E-state index contributed by atoms with van der Waals surface area (Å²) < 4.78 is 26.4. The minimum absolute atomic E-state index is 0.109. The molecule has 0 atom stereocenters. The van der Waals surface area contributed by atoms with E-state index in [1.807, 2.05) is 43.5 Å². The van der Waals surface area contributed by atoms with E-state index in [4.69, 9.17) is 0 Å². The maximum Gasteiger partial charge on any atom is 0.212 e. The van der Waals surface area contributed by atoms with Crippen molar-refractivity contribution in [3.05, 3.63) is 41.4 Å². The summed E-state index contributed by atoms with van der Waals surface area (Å²) in [5.74, 6) is 0.250. The maximum absolute atomic E-state index is 11.9. The van der Waals surface area contributed by atoms with Crippen LogP contribution >= 0.6 is 11.3 Å². The zero-order valence-electron chi connectivity index (χ0n) is 11.5. The van der Waals surface area contributed by atoms with Crippen LogP contribution in [0.3, 0.4) is 0 Å². The SMILES string of the molecule is CC(C)CS(=O)(=O)NCc1cccnc1-c1cccs1. The first-order valence-electron chi connectivity index (χ1n) is 6.43. The molecule has 0 aliphatic heterocycles. The fraction of sp³-hybridized carbons (Fsp3) is 0.357. The van der Waals surface area contributed by atoms with Gasteiger partial charge in [0.15, 0.2) is 0 Å². The molecule has 108 valence electrons. The highest BCUT2D eigenvalue weighted by Gasteiger charge is 2.14. The van der Waals surface area contributed by atoms with Crippen molar-refractivity contribution < 1.29 is 8.42 Å².